The van der Waals surface area contributed by atoms with E-state index in [0.717, 1.165) is 31.8 Å². The highest BCUT2D eigenvalue weighted by molar-refractivity contribution is 6.17. The zero-order valence-electron chi connectivity index (χ0n) is 10.8. The van der Waals surface area contributed by atoms with Gasteiger partial charge in [-0.1, -0.05) is 44.0 Å². The fraction of sp³-hybridized carbons (Fsp3) is 0.600. The molecule has 0 aliphatic rings. The Labute approximate surface area is 111 Å². The van der Waals surface area contributed by atoms with Crippen molar-refractivity contribution in [1.29, 1.82) is 0 Å². The van der Waals surface area contributed by atoms with Crippen LogP contribution in [0.2, 0.25) is 0 Å². The van der Waals surface area contributed by atoms with Crippen LogP contribution < -0.4 is 5.32 Å². The summed E-state index contributed by atoms with van der Waals surface area (Å²) in [4.78, 5) is 0. The molecule has 0 atom stereocenters. The van der Waals surface area contributed by atoms with Crippen LogP contribution in [0.15, 0.2) is 24.3 Å². The standard InChI is InChI=1S/C15H24ClN/c1-2-14-7-9-15(10-8-14)13-17-12-6-4-3-5-11-16/h7-10,17H,2-6,11-13H2,1H3. The molecule has 0 saturated carbocycles. The summed E-state index contributed by atoms with van der Waals surface area (Å²) in [7, 11) is 0. The molecule has 0 aromatic heterocycles. The van der Waals surface area contributed by atoms with Gasteiger partial charge in [0.05, 0.1) is 0 Å². The molecule has 0 amide bonds. The van der Waals surface area contributed by atoms with Crippen molar-refractivity contribution in [3.63, 3.8) is 0 Å². The summed E-state index contributed by atoms with van der Waals surface area (Å²) >= 11 is 5.63. The fourth-order valence-electron chi connectivity index (χ4n) is 1.82. The first-order chi connectivity index (χ1) is 8.36. The van der Waals surface area contributed by atoms with Crippen molar-refractivity contribution in [2.24, 2.45) is 0 Å². The van der Waals surface area contributed by atoms with Gasteiger partial charge >= 0.3 is 0 Å². The molecule has 0 aliphatic carbocycles. The first-order valence-electron chi connectivity index (χ1n) is 6.71. The van der Waals surface area contributed by atoms with Gasteiger partial charge in [-0.3, -0.25) is 0 Å². The van der Waals surface area contributed by atoms with Crippen molar-refractivity contribution in [1.82, 2.24) is 5.32 Å². The second-order valence-electron chi connectivity index (χ2n) is 4.45. The topological polar surface area (TPSA) is 12.0 Å². The van der Waals surface area contributed by atoms with Crippen LogP contribution in [0.1, 0.15) is 43.7 Å². The lowest BCUT2D eigenvalue weighted by atomic mass is 10.1. The third-order valence-corrected chi connectivity index (χ3v) is 3.26. The Hall–Kier alpha value is -0.530. The molecule has 0 fully saturated rings. The summed E-state index contributed by atoms with van der Waals surface area (Å²) in [5.41, 5.74) is 2.79. The number of benzene rings is 1. The van der Waals surface area contributed by atoms with Crippen molar-refractivity contribution >= 4 is 11.6 Å². The Balaban J connectivity index is 2.05. The van der Waals surface area contributed by atoms with E-state index in [2.05, 4.69) is 36.5 Å². The van der Waals surface area contributed by atoms with E-state index in [1.165, 1.54) is 30.4 Å². The molecule has 2 heteroatoms. The molecule has 96 valence electrons. The third kappa shape index (κ3) is 6.70. The minimum atomic E-state index is 0.803. The van der Waals surface area contributed by atoms with Crippen LogP contribution in [0.3, 0.4) is 0 Å². The van der Waals surface area contributed by atoms with Gasteiger partial charge in [0.15, 0.2) is 0 Å². The smallest absolute Gasteiger partial charge is 0.0223 e. The van der Waals surface area contributed by atoms with Gasteiger partial charge in [0.2, 0.25) is 0 Å². The quantitative estimate of drug-likeness (QED) is 0.515. The Morgan fingerprint density at radius 3 is 2.24 bits per heavy atom. The zero-order valence-corrected chi connectivity index (χ0v) is 11.6. The Bertz CT molecular complexity index is 281. The molecular formula is C15H24ClN. The summed E-state index contributed by atoms with van der Waals surface area (Å²) in [6, 6.07) is 8.88. The second-order valence-corrected chi connectivity index (χ2v) is 4.83. The third-order valence-electron chi connectivity index (χ3n) is 3.00. The van der Waals surface area contributed by atoms with Crippen molar-refractivity contribution in [3.05, 3.63) is 35.4 Å². The van der Waals surface area contributed by atoms with Crippen molar-refractivity contribution < 1.29 is 0 Å². The maximum Gasteiger partial charge on any atom is 0.0223 e. The number of alkyl halides is 1. The van der Waals surface area contributed by atoms with E-state index >= 15 is 0 Å². The molecule has 0 unspecified atom stereocenters. The fourth-order valence-corrected chi connectivity index (χ4v) is 2.01. The van der Waals surface area contributed by atoms with Gasteiger partial charge in [0.25, 0.3) is 0 Å². The first kappa shape index (κ1) is 14.5. The number of rotatable bonds is 9. The van der Waals surface area contributed by atoms with Crippen molar-refractivity contribution in [2.45, 2.75) is 45.6 Å². The highest BCUT2D eigenvalue weighted by atomic mass is 35.5. The summed E-state index contributed by atoms with van der Waals surface area (Å²) in [5, 5.41) is 3.48. The lowest BCUT2D eigenvalue weighted by Gasteiger charge is -2.05. The molecule has 0 spiro atoms. The summed E-state index contributed by atoms with van der Waals surface area (Å²) in [6.45, 7) is 4.28. The minimum absolute atomic E-state index is 0.803. The predicted octanol–water partition coefficient (Wildman–Crippen LogP) is 4.14. The molecule has 1 nitrogen and oxygen atoms in total. The van der Waals surface area contributed by atoms with Gasteiger partial charge in [0, 0.05) is 12.4 Å². The highest BCUT2D eigenvalue weighted by Crippen LogP contribution is 2.05. The van der Waals surface area contributed by atoms with Gasteiger partial charge in [-0.2, -0.15) is 0 Å². The molecule has 1 aromatic rings. The number of unbranched alkanes of at least 4 members (excludes halogenated alkanes) is 3. The van der Waals surface area contributed by atoms with Crippen LogP contribution in [-0.2, 0) is 13.0 Å². The van der Waals surface area contributed by atoms with Crippen LogP contribution in [0.5, 0.6) is 0 Å². The number of hydrogen-bond donors (Lipinski definition) is 1. The predicted molar refractivity (Wildman–Crippen MR) is 76.7 cm³/mol. The van der Waals surface area contributed by atoms with Crippen LogP contribution in [0.25, 0.3) is 0 Å². The summed E-state index contributed by atoms with van der Waals surface area (Å²) < 4.78 is 0. The van der Waals surface area contributed by atoms with Crippen molar-refractivity contribution in [3.8, 4) is 0 Å². The Morgan fingerprint density at radius 2 is 1.59 bits per heavy atom. The van der Waals surface area contributed by atoms with E-state index in [0.29, 0.717) is 0 Å². The van der Waals surface area contributed by atoms with Gasteiger partial charge in [-0.05, 0) is 36.9 Å². The van der Waals surface area contributed by atoms with Crippen molar-refractivity contribution in [2.75, 3.05) is 12.4 Å². The van der Waals surface area contributed by atoms with E-state index in [1.807, 2.05) is 0 Å². The molecule has 0 heterocycles. The number of halogens is 1. The number of aryl methyl sites for hydroxylation is 1. The van der Waals surface area contributed by atoms with E-state index in [1.54, 1.807) is 0 Å². The minimum Gasteiger partial charge on any atom is -0.313 e. The van der Waals surface area contributed by atoms with E-state index in [-0.39, 0.29) is 0 Å². The molecule has 0 radical (unpaired) electrons. The molecule has 1 N–H and O–H groups in total. The SMILES string of the molecule is CCc1ccc(CNCCCCCCCl)cc1. The second kappa shape index (κ2) is 9.49. The van der Waals surface area contributed by atoms with E-state index in [4.69, 9.17) is 11.6 Å². The largest absolute Gasteiger partial charge is 0.313 e. The first-order valence-corrected chi connectivity index (χ1v) is 7.24. The number of hydrogen-bond acceptors (Lipinski definition) is 1. The lowest BCUT2D eigenvalue weighted by molar-refractivity contribution is 0.599. The Morgan fingerprint density at radius 1 is 0.941 bits per heavy atom. The maximum absolute atomic E-state index is 5.63. The van der Waals surface area contributed by atoms with E-state index in [9.17, 15) is 0 Å². The van der Waals surface area contributed by atoms with Gasteiger partial charge < -0.3 is 5.32 Å². The lowest BCUT2D eigenvalue weighted by Crippen LogP contribution is -2.14. The maximum atomic E-state index is 5.63. The normalized spacial score (nSPS) is 10.7. The summed E-state index contributed by atoms with van der Waals surface area (Å²) in [6.07, 6.45) is 6.07. The van der Waals surface area contributed by atoms with Crippen LogP contribution >= 0.6 is 11.6 Å². The Kier molecular flexibility index (Phi) is 8.12. The monoisotopic (exact) mass is 253 g/mol. The average molecular weight is 254 g/mol. The van der Waals surface area contributed by atoms with E-state index < -0.39 is 0 Å². The molecule has 0 saturated heterocycles. The molecule has 0 aliphatic heterocycles. The molecule has 0 bridgehead atoms. The average Bonchev–Trinajstić information content (AvgIpc) is 2.38. The molecule has 1 rings (SSSR count). The molecule has 1 aromatic carbocycles. The van der Waals surface area contributed by atoms with Crippen LogP contribution in [0.4, 0.5) is 0 Å². The summed E-state index contributed by atoms with van der Waals surface area (Å²) in [5.74, 6) is 0.803. The van der Waals surface area contributed by atoms with Crippen LogP contribution in [-0.4, -0.2) is 12.4 Å². The van der Waals surface area contributed by atoms with Gasteiger partial charge in [-0.25, -0.2) is 0 Å². The van der Waals surface area contributed by atoms with Crippen LogP contribution in [0, 0.1) is 0 Å². The number of nitrogens with one attached hydrogen (secondary N) is 1. The highest BCUT2D eigenvalue weighted by Gasteiger charge is 1.94. The molecular weight excluding hydrogens is 230 g/mol. The zero-order chi connectivity index (χ0) is 12.3. The van der Waals surface area contributed by atoms with Gasteiger partial charge in [0.1, 0.15) is 0 Å². The molecule has 17 heavy (non-hydrogen) atoms. The van der Waals surface area contributed by atoms with Gasteiger partial charge in [-0.15, -0.1) is 11.6 Å².